The molecule has 2 aromatic rings. The zero-order valence-corrected chi connectivity index (χ0v) is 16.2. The molecule has 0 unspecified atom stereocenters. The molecule has 1 fully saturated rings. The van der Waals surface area contributed by atoms with Gasteiger partial charge < -0.3 is 4.90 Å². The van der Waals surface area contributed by atoms with Crippen LogP contribution in [0.1, 0.15) is 29.9 Å². The molecule has 3 rings (SSSR count). The Kier molecular flexibility index (Phi) is 5.81. The number of pyridine rings is 2. The number of carbonyl (C=O) groups is 1. The van der Waals surface area contributed by atoms with Crippen LogP contribution in [0.2, 0.25) is 0 Å². The Morgan fingerprint density at radius 2 is 2.00 bits per heavy atom. The molecule has 132 valence electrons. The molecule has 1 saturated heterocycles. The molecular formula is C19H23BrN4O. The third-order valence-electron chi connectivity index (χ3n) is 4.76. The molecule has 1 aliphatic rings. The van der Waals surface area contributed by atoms with Crippen LogP contribution in [0.4, 0.5) is 0 Å². The number of rotatable bonds is 4. The number of piperazine rings is 1. The van der Waals surface area contributed by atoms with Gasteiger partial charge in [-0.25, -0.2) is 0 Å². The lowest BCUT2D eigenvalue weighted by molar-refractivity contribution is -0.132. The van der Waals surface area contributed by atoms with Crippen LogP contribution in [0.3, 0.4) is 0 Å². The number of aromatic nitrogens is 2. The molecule has 25 heavy (non-hydrogen) atoms. The molecule has 0 saturated carbocycles. The number of amides is 1. The average Bonchev–Trinajstić information content (AvgIpc) is 2.65. The molecule has 1 aliphatic heterocycles. The van der Waals surface area contributed by atoms with Gasteiger partial charge >= 0.3 is 0 Å². The molecule has 3 heterocycles. The molecule has 2 aromatic heterocycles. The van der Waals surface area contributed by atoms with E-state index in [0.717, 1.165) is 42.0 Å². The molecule has 1 amide bonds. The van der Waals surface area contributed by atoms with Gasteiger partial charge in [0.15, 0.2) is 0 Å². The van der Waals surface area contributed by atoms with Crippen molar-refractivity contribution >= 4 is 21.8 Å². The van der Waals surface area contributed by atoms with Crippen LogP contribution >= 0.6 is 15.9 Å². The van der Waals surface area contributed by atoms with E-state index in [-0.39, 0.29) is 5.91 Å². The van der Waals surface area contributed by atoms with E-state index >= 15 is 0 Å². The maximum Gasteiger partial charge on any atom is 0.228 e. The smallest absolute Gasteiger partial charge is 0.228 e. The first kappa shape index (κ1) is 18.0. The maximum atomic E-state index is 12.6. The van der Waals surface area contributed by atoms with Gasteiger partial charge in [-0.15, -0.1) is 0 Å². The van der Waals surface area contributed by atoms with Gasteiger partial charge in [-0.2, -0.15) is 0 Å². The number of hydrogen-bond acceptors (Lipinski definition) is 4. The SMILES string of the molecule is Cc1ccc(Br)c(CC(=O)N2CCN([C@@H](C)c3cccnc3)CC2)n1. The summed E-state index contributed by atoms with van der Waals surface area (Å²) in [6, 6.07) is 8.29. The number of carbonyl (C=O) groups excluding carboxylic acids is 1. The third-order valence-corrected chi connectivity index (χ3v) is 5.48. The largest absolute Gasteiger partial charge is 0.340 e. The number of hydrogen-bond donors (Lipinski definition) is 0. The Morgan fingerprint density at radius 1 is 1.24 bits per heavy atom. The fourth-order valence-corrected chi connectivity index (χ4v) is 3.53. The summed E-state index contributed by atoms with van der Waals surface area (Å²) in [4.78, 5) is 25.6. The summed E-state index contributed by atoms with van der Waals surface area (Å²) in [6.07, 6.45) is 4.06. The lowest BCUT2D eigenvalue weighted by Crippen LogP contribution is -2.49. The second kappa shape index (κ2) is 8.06. The topological polar surface area (TPSA) is 49.3 Å². The van der Waals surface area contributed by atoms with E-state index in [0.29, 0.717) is 12.5 Å². The van der Waals surface area contributed by atoms with Crippen LogP contribution in [0, 0.1) is 6.92 Å². The van der Waals surface area contributed by atoms with Crippen molar-refractivity contribution in [3.8, 4) is 0 Å². The highest BCUT2D eigenvalue weighted by molar-refractivity contribution is 9.10. The quantitative estimate of drug-likeness (QED) is 0.788. The van der Waals surface area contributed by atoms with E-state index in [1.807, 2.05) is 36.2 Å². The van der Waals surface area contributed by atoms with E-state index in [9.17, 15) is 4.79 Å². The molecule has 0 spiro atoms. The van der Waals surface area contributed by atoms with Crippen LogP contribution in [0.25, 0.3) is 0 Å². The molecule has 0 radical (unpaired) electrons. The number of aryl methyl sites for hydroxylation is 1. The van der Waals surface area contributed by atoms with Crippen molar-refractivity contribution in [3.05, 3.63) is 58.1 Å². The summed E-state index contributed by atoms with van der Waals surface area (Å²) >= 11 is 3.49. The minimum absolute atomic E-state index is 0.146. The Bertz CT molecular complexity index is 729. The zero-order valence-electron chi connectivity index (χ0n) is 14.7. The fraction of sp³-hybridized carbons (Fsp3) is 0.421. The molecule has 5 nitrogen and oxygen atoms in total. The Labute approximate surface area is 157 Å². The van der Waals surface area contributed by atoms with Crippen molar-refractivity contribution in [2.45, 2.75) is 26.3 Å². The van der Waals surface area contributed by atoms with Gasteiger partial charge in [0.25, 0.3) is 0 Å². The Balaban J connectivity index is 1.56. The molecule has 0 aromatic carbocycles. The van der Waals surface area contributed by atoms with Crippen LogP contribution in [0.5, 0.6) is 0 Å². The van der Waals surface area contributed by atoms with Crippen LogP contribution in [-0.4, -0.2) is 51.9 Å². The van der Waals surface area contributed by atoms with Gasteiger partial charge in [-0.3, -0.25) is 19.7 Å². The van der Waals surface area contributed by atoms with Gasteiger partial charge in [0.2, 0.25) is 5.91 Å². The lowest BCUT2D eigenvalue weighted by Gasteiger charge is -2.38. The highest BCUT2D eigenvalue weighted by Crippen LogP contribution is 2.21. The molecular weight excluding hydrogens is 380 g/mol. The van der Waals surface area contributed by atoms with Crippen LogP contribution < -0.4 is 0 Å². The Morgan fingerprint density at radius 3 is 2.68 bits per heavy atom. The van der Waals surface area contributed by atoms with E-state index in [1.165, 1.54) is 5.56 Å². The summed E-state index contributed by atoms with van der Waals surface area (Å²) in [5, 5.41) is 0. The molecule has 1 atom stereocenters. The van der Waals surface area contributed by atoms with Gasteiger partial charge in [0.05, 0.1) is 12.1 Å². The van der Waals surface area contributed by atoms with Gasteiger partial charge in [0, 0.05) is 54.8 Å². The monoisotopic (exact) mass is 402 g/mol. The summed E-state index contributed by atoms with van der Waals surface area (Å²) in [6.45, 7) is 7.41. The van der Waals surface area contributed by atoms with E-state index in [4.69, 9.17) is 0 Å². The predicted octanol–water partition coefficient (Wildman–Crippen LogP) is 3.00. The van der Waals surface area contributed by atoms with E-state index in [1.54, 1.807) is 6.20 Å². The average molecular weight is 403 g/mol. The van der Waals surface area contributed by atoms with Crippen molar-refractivity contribution in [2.75, 3.05) is 26.2 Å². The highest BCUT2D eigenvalue weighted by Gasteiger charge is 2.25. The first-order valence-corrected chi connectivity index (χ1v) is 9.37. The number of nitrogens with zero attached hydrogens (tertiary/aromatic N) is 4. The summed E-state index contributed by atoms with van der Waals surface area (Å²) in [5.74, 6) is 0.146. The van der Waals surface area contributed by atoms with Crippen LogP contribution in [-0.2, 0) is 11.2 Å². The summed E-state index contributed by atoms with van der Waals surface area (Å²) in [7, 11) is 0. The second-order valence-corrected chi connectivity index (χ2v) is 7.29. The molecule has 0 N–H and O–H groups in total. The molecule has 0 bridgehead atoms. The molecule has 6 heteroatoms. The van der Waals surface area contributed by atoms with Crippen molar-refractivity contribution in [3.63, 3.8) is 0 Å². The fourth-order valence-electron chi connectivity index (χ4n) is 3.17. The van der Waals surface area contributed by atoms with Crippen molar-refractivity contribution < 1.29 is 4.79 Å². The standard InChI is InChI=1S/C19H23BrN4O/c1-14-5-6-17(20)18(22-14)12-19(25)24-10-8-23(9-11-24)15(2)16-4-3-7-21-13-16/h3-7,13,15H,8-12H2,1-2H3/t15-/m0/s1. The van der Waals surface area contributed by atoms with E-state index in [2.05, 4.69) is 43.8 Å². The van der Waals surface area contributed by atoms with Gasteiger partial charge in [-0.05, 0) is 53.5 Å². The van der Waals surface area contributed by atoms with Gasteiger partial charge in [0.1, 0.15) is 0 Å². The van der Waals surface area contributed by atoms with Crippen LogP contribution in [0.15, 0.2) is 41.1 Å². The second-order valence-electron chi connectivity index (χ2n) is 6.44. The zero-order chi connectivity index (χ0) is 17.8. The highest BCUT2D eigenvalue weighted by atomic mass is 79.9. The lowest BCUT2D eigenvalue weighted by atomic mass is 10.1. The minimum atomic E-state index is 0.146. The number of halogens is 1. The predicted molar refractivity (Wildman–Crippen MR) is 101 cm³/mol. The van der Waals surface area contributed by atoms with E-state index < -0.39 is 0 Å². The summed E-state index contributed by atoms with van der Waals surface area (Å²) in [5.41, 5.74) is 2.97. The first-order chi connectivity index (χ1) is 12.0. The van der Waals surface area contributed by atoms with Crippen molar-refractivity contribution in [1.29, 1.82) is 0 Å². The maximum absolute atomic E-state index is 12.6. The minimum Gasteiger partial charge on any atom is -0.340 e. The van der Waals surface area contributed by atoms with Crippen molar-refractivity contribution in [1.82, 2.24) is 19.8 Å². The summed E-state index contributed by atoms with van der Waals surface area (Å²) < 4.78 is 0.898. The molecule has 0 aliphatic carbocycles. The first-order valence-electron chi connectivity index (χ1n) is 8.58. The van der Waals surface area contributed by atoms with Crippen molar-refractivity contribution in [2.24, 2.45) is 0 Å². The Hall–Kier alpha value is -1.79. The van der Waals surface area contributed by atoms with Gasteiger partial charge in [-0.1, -0.05) is 6.07 Å². The third kappa shape index (κ3) is 4.44. The normalized spacial score (nSPS) is 16.7.